The van der Waals surface area contributed by atoms with Gasteiger partial charge in [-0.15, -0.1) is 0 Å². The fourth-order valence-electron chi connectivity index (χ4n) is 1.49. The summed E-state index contributed by atoms with van der Waals surface area (Å²) in [5.74, 6) is -0.562. The van der Waals surface area contributed by atoms with Crippen molar-refractivity contribution in [2.24, 2.45) is 0 Å². The Balaban J connectivity index is 2.67. The van der Waals surface area contributed by atoms with Crippen LogP contribution < -0.4 is 0 Å². The molecule has 0 aliphatic rings. The van der Waals surface area contributed by atoms with E-state index in [9.17, 15) is 17.6 Å². The van der Waals surface area contributed by atoms with Crippen molar-refractivity contribution < 1.29 is 17.6 Å². The third-order valence-corrected chi connectivity index (χ3v) is 3.08. The molecule has 92 valence electrons. The lowest BCUT2D eigenvalue weighted by Crippen LogP contribution is -2.17. The van der Waals surface area contributed by atoms with Crippen LogP contribution in [0.15, 0.2) is 16.6 Å². The van der Waals surface area contributed by atoms with E-state index in [-0.39, 0.29) is 20.3 Å². The fourth-order valence-corrected chi connectivity index (χ4v) is 2.09. The molecule has 0 bridgehead atoms. The number of imidazole rings is 1. The van der Waals surface area contributed by atoms with Crippen LogP contribution in [0.5, 0.6) is 0 Å². The topological polar surface area (TPSA) is 20.7 Å². The van der Waals surface area contributed by atoms with E-state index in [1.807, 2.05) is 0 Å². The Kier molecular flexibility index (Phi) is 3.03. The molecule has 0 saturated carbocycles. The number of halogens is 5. The summed E-state index contributed by atoms with van der Waals surface area (Å²) in [7, 11) is 0. The van der Waals surface area contributed by atoms with Crippen molar-refractivity contribution >= 4 is 39.2 Å². The summed E-state index contributed by atoms with van der Waals surface area (Å²) in [4.78, 5) is 2.53. The molecule has 17 heavy (non-hydrogen) atoms. The number of benzene rings is 1. The number of fused-ring (bicyclic) bond motifs is 1. The minimum atomic E-state index is -4.38. The van der Waals surface area contributed by atoms with E-state index < -0.39 is 18.5 Å². The molecular weight excluding hydrogens is 324 g/mol. The van der Waals surface area contributed by atoms with Crippen molar-refractivity contribution in [3.05, 3.63) is 27.2 Å². The lowest BCUT2D eigenvalue weighted by atomic mass is 10.3. The van der Waals surface area contributed by atoms with Gasteiger partial charge in [-0.3, -0.25) is 0 Å². The highest BCUT2D eigenvalue weighted by atomic mass is 79.9. The predicted molar refractivity (Wildman–Crippen MR) is 60.8 cm³/mol. The van der Waals surface area contributed by atoms with Gasteiger partial charge in [-0.2, -0.15) is 13.2 Å². The molecule has 0 aliphatic carbocycles. The van der Waals surface area contributed by atoms with Crippen LogP contribution in [0, 0.1) is 10.6 Å². The van der Waals surface area contributed by atoms with E-state index in [1.165, 1.54) is 6.07 Å². The van der Waals surface area contributed by atoms with E-state index in [1.54, 1.807) is 0 Å². The van der Waals surface area contributed by atoms with Crippen LogP contribution in [0.2, 0.25) is 0 Å². The van der Waals surface area contributed by atoms with Crippen molar-refractivity contribution in [1.82, 2.24) is 9.55 Å². The molecule has 0 amide bonds. The second-order valence-electron chi connectivity index (χ2n) is 3.41. The van der Waals surface area contributed by atoms with Gasteiger partial charge in [0.15, 0.2) is 4.77 Å². The second kappa shape index (κ2) is 4.09. The summed E-state index contributed by atoms with van der Waals surface area (Å²) in [6.07, 6.45) is -4.38. The van der Waals surface area contributed by atoms with Crippen LogP contribution in [-0.2, 0) is 6.54 Å². The zero-order valence-corrected chi connectivity index (χ0v) is 10.5. The molecule has 8 heteroatoms. The molecule has 0 aliphatic heterocycles. The number of aromatic nitrogens is 2. The van der Waals surface area contributed by atoms with Gasteiger partial charge in [0.2, 0.25) is 0 Å². The van der Waals surface area contributed by atoms with Crippen molar-refractivity contribution in [2.45, 2.75) is 12.7 Å². The Morgan fingerprint density at radius 3 is 2.59 bits per heavy atom. The van der Waals surface area contributed by atoms with Gasteiger partial charge in [0.1, 0.15) is 12.4 Å². The predicted octanol–water partition coefficient (Wildman–Crippen LogP) is 4.16. The molecule has 2 rings (SSSR count). The number of alkyl halides is 3. The van der Waals surface area contributed by atoms with Crippen LogP contribution in [-0.4, -0.2) is 15.7 Å². The van der Waals surface area contributed by atoms with Gasteiger partial charge >= 0.3 is 6.18 Å². The SMILES string of the molecule is Fc1cc2[nH]c(=S)n(CC(F)(F)F)c2cc1Br. The maximum absolute atomic E-state index is 13.2. The molecule has 1 aromatic heterocycles. The number of aromatic amines is 1. The number of hydrogen-bond acceptors (Lipinski definition) is 1. The van der Waals surface area contributed by atoms with Crippen molar-refractivity contribution in [2.75, 3.05) is 0 Å². The lowest BCUT2D eigenvalue weighted by molar-refractivity contribution is -0.140. The summed E-state index contributed by atoms with van der Waals surface area (Å²) >= 11 is 7.70. The quantitative estimate of drug-likeness (QED) is 0.615. The molecule has 0 spiro atoms. The summed E-state index contributed by atoms with van der Waals surface area (Å²) in [6, 6.07) is 2.37. The minimum absolute atomic E-state index is 0.0881. The van der Waals surface area contributed by atoms with E-state index in [2.05, 4.69) is 20.9 Å². The van der Waals surface area contributed by atoms with E-state index in [4.69, 9.17) is 12.2 Å². The largest absolute Gasteiger partial charge is 0.406 e. The van der Waals surface area contributed by atoms with Crippen LogP contribution in [0.25, 0.3) is 11.0 Å². The standard InChI is InChI=1S/C9H5BrF4N2S/c10-4-1-7-6(2-5(4)11)15-8(17)16(7)3-9(12,13)14/h1-2H,3H2,(H,15,17). The first-order chi connectivity index (χ1) is 7.78. The highest BCUT2D eigenvalue weighted by molar-refractivity contribution is 9.10. The van der Waals surface area contributed by atoms with Crippen LogP contribution >= 0.6 is 28.1 Å². The van der Waals surface area contributed by atoms with E-state index in [0.29, 0.717) is 0 Å². The average molecular weight is 329 g/mol. The summed E-state index contributed by atoms with van der Waals surface area (Å²) in [6.45, 7) is -1.20. The average Bonchev–Trinajstić information content (AvgIpc) is 2.43. The van der Waals surface area contributed by atoms with Gasteiger partial charge in [-0.1, -0.05) is 0 Å². The van der Waals surface area contributed by atoms with E-state index >= 15 is 0 Å². The molecule has 0 atom stereocenters. The van der Waals surface area contributed by atoms with Gasteiger partial charge < -0.3 is 9.55 Å². The summed E-state index contributed by atoms with van der Waals surface area (Å²) in [5.41, 5.74) is 0.445. The third kappa shape index (κ3) is 2.52. The highest BCUT2D eigenvalue weighted by Crippen LogP contribution is 2.26. The number of H-pyrrole nitrogens is 1. The summed E-state index contributed by atoms with van der Waals surface area (Å²) < 4.78 is 51.1. The zero-order chi connectivity index (χ0) is 12.8. The Bertz CT molecular complexity index is 628. The molecular formula is C9H5BrF4N2S. The van der Waals surface area contributed by atoms with Gasteiger partial charge in [-0.05, 0) is 34.2 Å². The van der Waals surface area contributed by atoms with Gasteiger partial charge in [0, 0.05) is 6.07 Å². The maximum Gasteiger partial charge on any atom is 0.406 e. The number of nitrogens with zero attached hydrogens (tertiary/aromatic N) is 1. The van der Waals surface area contributed by atoms with E-state index in [0.717, 1.165) is 10.6 Å². The van der Waals surface area contributed by atoms with Crippen molar-refractivity contribution in [3.8, 4) is 0 Å². The molecule has 2 nitrogen and oxygen atoms in total. The first-order valence-corrected chi connectivity index (χ1v) is 5.62. The van der Waals surface area contributed by atoms with Crippen LogP contribution in [0.4, 0.5) is 17.6 Å². The van der Waals surface area contributed by atoms with Gasteiger partial charge in [0.05, 0.1) is 15.5 Å². The Morgan fingerprint density at radius 2 is 2.00 bits per heavy atom. The molecule has 1 N–H and O–H groups in total. The van der Waals surface area contributed by atoms with Crippen LogP contribution in [0.1, 0.15) is 0 Å². The normalized spacial score (nSPS) is 12.3. The molecule has 0 saturated heterocycles. The summed E-state index contributed by atoms with van der Waals surface area (Å²) in [5, 5.41) is 0. The number of rotatable bonds is 1. The number of nitrogens with one attached hydrogen (secondary N) is 1. The van der Waals surface area contributed by atoms with Crippen molar-refractivity contribution in [1.29, 1.82) is 0 Å². The van der Waals surface area contributed by atoms with Crippen LogP contribution in [0.3, 0.4) is 0 Å². The molecule has 1 aromatic carbocycles. The molecule has 1 heterocycles. The Morgan fingerprint density at radius 1 is 1.35 bits per heavy atom. The molecule has 0 unspecified atom stereocenters. The first-order valence-electron chi connectivity index (χ1n) is 4.42. The Labute approximate surface area is 106 Å². The lowest BCUT2D eigenvalue weighted by Gasteiger charge is -2.08. The second-order valence-corrected chi connectivity index (χ2v) is 4.66. The molecule has 2 aromatic rings. The van der Waals surface area contributed by atoms with Crippen molar-refractivity contribution in [3.63, 3.8) is 0 Å². The van der Waals surface area contributed by atoms with Gasteiger partial charge in [0.25, 0.3) is 0 Å². The molecule has 0 radical (unpaired) electrons. The monoisotopic (exact) mass is 328 g/mol. The number of hydrogen-bond donors (Lipinski definition) is 1. The highest BCUT2D eigenvalue weighted by Gasteiger charge is 2.29. The zero-order valence-electron chi connectivity index (χ0n) is 8.11. The Hall–Kier alpha value is -0.890. The first kappa shape index (κ1) is 12.6. The molecule has 0 fully saturated rings. The fraction of sp³-hybridized carbons (Fsp3) is 0.222. The minimum Gasteiger partial charge on any atom is -0.330 e. The smallest absolute Gasteiger partial charge is 0.330 e. The maximum atomic E-state index is 13.2. The van der Waals surface area contributed by atoms with Gasteiger partial charge in [-0.25, -0.2) is 4.39 Å². The third-order valence-electron chi connectivity index (χ3n) is 2.15.